The number of carbonyl (C=O) groups is 2. The van der Waals surface area contributed by atoms with Crippen LogP contribution in [0.5, 0.6) is 0 Å². The Bertz CT molecular complexity index is 332. The zero-order valence-electron chi connectivity index (χ0n) is 10.7. The molecule has 0 spiro atoms. The van der Waals surface area contributed by atoms with Crippen LogP contribution in [0.2, 0.25) is 0 Å². The molecule has 4 nitrogen and oxygen atoms in total. The van der Waals surface area contributed by atoms with Crippen LogP contribution in [0, 0.1) is 11.3 Å². The summed E-state index contributed by atoms with van der Waals surface area (Å²) in [5, 5.41) is 0. The van der Waals surface area contributed by atoms with Crippen molar-refractivity contribution in [2.45, 2.75) is 52.0 Å². The minimum absolute atomic E-state index is 0.0423. The molecule has 0 radical (unpaired) electrons. The first-order valence-electron chi connectivity index (χ1n) is 6.52. The van der Waals surface area contributed by atoms with Gasteiger partial charge < -0.3 is 5.73 Å². The third-order valence-electron chi connectivity index (χ3n) is 4.12. The zero-order chi connectivity index (χ0) is 12.6. The van der Waals surface area contributed by atoms with Crippen LogP contribution in [0.1, 0.15) is 46.0 Å². The second-order valence-corrected chi connectivity index (χ2v) is 6.08. The summed E-state index contributed by atoms with van der Waals surface area (Å²) in [6.45, 7) is 4.06. The molecule has 0 aromatic rings. The van der Waals surface area contributed by atoms with Gasteiger partial charge in [0.05, 0.1) is 5.41 Å². The van der Waals surface area contributed by atoms with E-state index in [0.29, 0.717) is 18.9 Å². The molecule has 1 aliphatic carbocycles. The minimum atomic E-state index is -0.535. The standard InChI is InChI=1S/C13H22N2O2/c1-13(2)7-11(16)15(12(13)17)8-10(14)9-5-3-4-6-9/h9-10H,3-8,14H2,1-2H3. The van der Waals surface area contributed by atoms with Gasteiger partial charge >= 0.3 is 0 Å². The second-order valence-electron chi connectivity index (χ2n) is 6.08. The number of nitrogens with two attached hydrogens (primary N) is 1. The summed E-state index contributed by atoms with van der Waals surface area (Å²) in [5.41, 5.74) is 5.59. The van der Waals surface area contributed by atoms with Crippen molar-refractivity contribution in [1.82, 2.24) is 4.90 Å². The van der Waals surface area contributed by atoms with Crippen LogP contribution in [-0.4, -0.2) is 29.3 Å². The van der Waals surface area contributed by atoms with Crippen molar-refractivity contribution in [3.8, 4) is 0 Å². The molecule has 2 rings (SSSR count). The monoisotopic (exact) mass is 238 g/mol. The fourth-order valence-electron chi connectivity index (χ4n) is 2.96. The van der Waals surface area contributed by atoms with Crippen molar-refractivity contribution in [3.63, 3.8) is 0 Å². The maximum Gasteiger partial charge on any atom is 0.235 e. The Morgan fingerprint density at radius 2 is 1.94 bits per heavy atom. The lowest BCUT2D eigenvalue weighted by Crippen LogP contribution is -2.45. The third kappa shape index (κ3) is 2.37. The van der Waals surface area contributed by atoms with Crippen LogP contribution < -0.4 is 5.73 Å². The highest BCUT2D eigenvalue weighted by Crippen LogP contribution is 2.33. The topological polar surface area (TPSA) is 63.4 Å². The summed E-state index contributed by atoms with van der Waals surface area (Å²) in [6, 6.07) is -0.0423. The third-order valence-corrected chi connectivity index (χ3v) is 4.12. The van der Waals surface area contributed by atoms with E-state index in [1.807, 2.05) is 13.8 Å². The summed E-state index contributed by atoms with van der Waals surface area (Å²) in [5.74, 6) is 0.365. The van der Waals surface area contributed by atoms with E-state index in [1.54, 1.807) is 0 Å². The molecule has 2 aliphatic rings. The molecule has 96 valence electrons. The Morgan fingerprint density at radius 3 is 2.41 bits per heavy atom. The van der Waals surface area contributed by atoms with Gasteiger partial charge in [-0.15, -0.1) is 0 Å². The first-order valence-corrected chi connectivity index (χ1v) is 6.52. The van der Waals surface area contributed by atoms with Crippen molar-refractivity contribution in [2.75, 3.05) is 6.54 Å². The fourth-order valence-corrected chi connectivity index (χ4v) is 2.96. The SMILES string of the molecule is CC1(C)CC(=O)N(CC(N)C2CCCC2)C1=O. The summed E-state index contributed by atoms with van der Waals surface area (Å²) >= 11 is 0. The summed E-state index contributed by atoms with van der Waals surface area (Å²) in [7, 11) is 0. The van der Waals surface area contributed by atoms with Crippen LogP contribution in [-0.2, 0) is 9.59 Å². The van der Waals surface area contributed by atoms with E-state index >= 15 is 0 Å². The second kappa shape index (κ2) is 4.41. The van der Waals surface area contributed by atoms with Crippen molar-refractivity contribution < 1.29 is 9.59 Å². The van der Waals surface area contributed by atoms with Crippen LogP contribution in [0.15, 0.2) is 0 Å². The molecule has 0 aromatic heterocycles. The number of hydrogen-bond acceptors (Lipinski definition) is 3. The van der Waals surface area contributed by atoms with Crippen molar-refractivity contribution in [1.29, 1.82) is 0 Å². The normalized spacial score (nSPS) is 26.9. The molecule has 2 fully saturated rings. The summed E-state index contributed by atoms with van der Waals surface area (Å²) < 4.78 is 0. The predicted octanol–water partition coefficient (Wildman–Crippen LogP) is 1.29. The highest BCUT2D eigenvalue weighted by molar-refractivity contribution is 6.05. The molecule has 4 heteroatoms. The number of carbonyl (C=O) groups excluding carboxylic acids is 2. The molecule has 1 aliphatic heterocycles. The van der Waals surface area contributed by atoms with E-state index in [-0.39, 0.29) is 17.9 Å². The first kappa shape index (κ1) is 12.6. The van der Waals surface area contributed by atoms with Crippen LogP contribution in [0.3, 0.4) is 0 Å². The Kier molecular flexibility index (Phi) is 3.25. The van der Waals surface area contributed by atoms with Crippen LogP contribution >= 0.6 is 0 Å². The maximum atomic E-state index is 12.0. The number of imide groups is 1. The average Bonchev–Trinajstić information content (AvgIpc) is 2.81. The molecular weight excluding hydrogens is 216 g/mol. The highest BCUT2D eigenvalue weighted by atomic mass is 16.2. The van der Waals surface area contributed by atoms with Gasteiger partial charge in [0, 0.05) is 19.0 Å². The lowest BCUT2D eigenvalue weighted by molar-refractivity contribution is -0.141. The Labute approximate surface area is 103 Å². The summed E-state index contributed by atoms with van der Waals surface area (Å²) in [6.07, 6.45) is 5.06. The van der Waals surface area contributed by atoms with E-state index < -0.39 is 5.41 Å². The molecule has 0 bridgehead atoms. The van der Waals surface area contributed by atoms with E-state index in [0.717, 1.165) is 12.8 Å². The molecule has 1 unspecified atom stereocenters. The van der Waals surface area contributed by atoms with Crippen molar-refractivity contribution in [2.24, 2.45) is 17.1 Å². The van der Waals surface area contributed by atoms with Gasteiger partial charge in [-0.3, -0.25) is 14.5 Å². The van der Waals surface area contributed by atoms with Gasteiger partial charge in [-0.2, -0.15) is 0 Å². The van der Waals surface area contributed by atoms with Gasteiger partial charge in [0.1, 0.15) is 0 Å². The van der Waals surface area contributed by atoms with Crippen molar-refractivity contribution in [3.05, 3.63) is 0 Å². The molecule has 1 atom stereocenters. The summed E-state index contributed by atoms with van der Waals surface area (Å²) in [4.78, 5) is 25.2. The lowest BCUT2D eigenvalue weighted by atomic mass is 9.92. The lowest BCUT2D eigenvalue weighted by Gasteiger charge is -2.25. The largest absolute Gasteiger partial charge is 0.326 e. The number of hydrogen-bond donors (Lipinski definition) is 1. The van der Waals surface area contributed by atoms with E-state index in [2.05, 4.69) is 0 Å². The fraction of sp³-hybridized carbons (Fsp3) is 0.846. The molecular formula is C13H22N2O2. The molecule has 1 saturated heterocycles. The Balaban J connectivity index is 1.99. The van der Waals surface area contributed by atoms with Gasteiger partial charge in [-0.05, 0) is 18.8 Å². The molecule has 2 amide bonds. The molecule has 1 heterocycles. The zero-order valence-corrected chi connectivity index (χ0v) is 10.7. The van der Waals surface area contributed by atoms with Crippen LogP contribution in [0.25, 0.3) is 0 Å². The highest BCUT2D eigenvalue weighted by Gasteiger charge is 2.45. The van der Waals surface area contributed by atoms with Gasteiger partial charge in [0.2, 0.25) is 11.8 Å². The smallest absolute Gasteiger partial charge is 0.235 e. The molecule has 2 N–H and O–H groups in total. The number of rotatable bonds is 3. The van der Waals surface area contributed by atoms with E-state index in [4.69, 9.17) is 5.73 Å². The number of likely N-dealkylation sites (tertiary alicyclic amines) is 1. The predicted molar refractivity (Wildman–Crippen MR) is 65.1 cm³/mol. The molecule has 0 aromatic carbocycles. The van der Waals surface area contributed by atoms with Gasteiger partial charge in [-0.1, -0.05) is 26.7 Å². The maximum absolute atomic E-state index is 12.0. The number of nitrogens with zero attached hydrogens (tertiary/aromatic N) is 1. The van der Waals surface area contributed by atoms with Gasteiger partial charge in [-0.25, -0.2) is 0 Å². The van der Waals surface area contributed by atoms with E-state index in [9.17, 15) is 9.59 Å². The first-order chi connectivity index (χ1) is 7.92. The van der Waals surface area contributed by atoms with Crippen molar-refractivity contribution >= 4 is 11.8 Å². The van der Waals surface area contributed by atoms with Gasteiger partial charge in [0.25, 0.3) is 0 Å². The molecule has 1 saturated carbocycles. The minimum Gasteiger partial charge on any atom is -0.326 e. The van der Waals surface area contributed by atoms with Crippen LogP contribution in [0.4, 0.5) is 0 Å². The Morgan fingerprint density at radius 1 is 1.35 bits per heavy atom. The Hall–Kier alpha value is -0.900. The molecule has 17 heavy (non-hydrogen) atoms. The average molecular weight is 238 g/mol. The quantitative estimate of drug-likeness (QED) is 0.753. The number of amides is 2. The van der Waals surface area contributed by atoms with E-state index in [1.165, 1.54) is 17.7 Å². The van der Waals surface area contributed by atoms with Gasteiger partial charge in [0.15, 0.2) is 0 Å².